The maximum absolute atomic E-state index is 13.9. The molecule has 0 saturated heterocycles. The highest BCUT2D eigenvalue weighted by Crippen LogP contribution is 2.50. The van der Waals surface area contributed by atoms with E-state index in [0.717, 1.165) is 0 Å². The van der Waals surface area contributed by atoms with Crippen LogP contribution < -0.4 is 19.7 Å². The van der Waals surface area contributed by atoms with Gasteiger partial charge in [-0.15, -0.1) is 0 Å². The van der Waals surface area contributed by atoms with Crippen LogP contribution in [0.5, 0.6) is 11.5 Å². The lowest BCUT2D eigenvalue weighted by molar-refractivity contribution is -0.170. The monoisotopic (exact) mass is 458 g/mol. The second-order valence-corrected chi connectivity index (χ2v) is 9.16. The summed E-state index contributed by atoms with van der Waals surface area (Å²) >= 11 is 0. The van der Waals surface area contributed by atoms with Crippen LogP contribution in [-0.2, 0) is 9.59 Å². The van der Waals surface area contributed by atoms with Crippen LogP contribution in [0.2, 0.25) is 0 Å². The second-order valence-electron chi connectivity index (χ2n) is 9.16. The molecule has 2 aliphatic heterocycles. The second kappa shape index (κ2) is 7.26. The van der Waals surface area contributed by atoms with E-state index in [0.29, 0.717) is 39.8 Å². The van der Waals surface area contributed by atoms with Gasteiger partial charge in [-0.3, -0.25) is 14.5 Å². The summed E-state index contributed by atoms with van der Waals surface area (Å²) in [6.45, 7) is 3.85. The van der Waals surface area contributed by atoms with E-state index in [9.17, 15) is 22.8 Å². The van der Waals surface area contributed by atoms with Crippen LogP contribution >= 0.6 is 0 Å². The van der Waals surface area contributed by atoms with Gasteiger partial charge in [-0.25, -0.2) is 0 Å². The molecule has 6 nitrogen and oxygen atoms in total. The number of carbonyl (C=O) groups excluding carboxylic acids is 2. The fraction of sp³-hybridized carbons (Fsp3) is 0.333. The van der Waals surface area contributed by atoms with Gasteiger partial charge in [0.25, 0.3) is 0 Å². The zero-order valence-electron chi connectivity index (χ0n) is 18.0. The molecule has 1 aliphatic carbocycles. The van der Waals surface area contributed by atoms with Crippen molar-refractivity contribution in [1.82, 2.24) is 0 Å². The Morgan fingerprint density at radius 2 is 1.82 bits per heavy atom. The highest BCUT2D eigenvalue weighted by molar-refractivity contribution is 6.07. The molecule has 1 N–H and O–H groups in total. The van der Waals surface area contributed by atoms with Crippen molar-refractivity contribution >= 4 is 23.1 Å². The van der Waals surface area contributed by atoms with Crippen LogP contribution in [0, 0.1) is 5.41 Å². The first-order valence-electron chi connectivity index (χ1n) is 10.5. The Morgan fingerprint density at radius 1 is 1.09 bits per heavy atom. The summed E-state index contributed by atoms with van der Waals surface area (Å²) in [7, 11) is 0. The molecule has 1 amide bonds. The summed E-state index contributed by atoms with van der Waals surface area (Å²) in [5.41, 5.74) is 0.987. The normalized spacial score (nSPS) is 21.2. The van der Waals surface area contributed by atoms with Gasteiger partial charge in [-0.05, 0) is 41.7 Å². The van der Waals surface area contributed by atoms with E-state index >= 15 is 0 Å². The highest BCUT2D eigenvalue weighted by atomic mass is 19.4. The number of nitrogens with one attached hydrogen (secondary N) is 1. The molecule has 0 saturated carbocycles. The average molecular weight is 458 g/mol. The van der Waals surface area contributed by atoms with Crippen molar-refractivity contribution < 1.29 is 32.2 Å². The number of amides is 1. The molecule has 0 bridgehead atoms. The van der Waals surface area contributed by atoms with Crippen LogP contribution in [0.25, 0.3) is 0 Å². The minimum absolute atomic E-state index is 0.0138. The number of rotatable bonds is 1. The zero-order valence-corrected chi connectivity index (χ0v) is 18.0. The van der Waals surface area contributed by atoms with Crippen LogP contribution in [-0.4, -0.2) is 24.7 Å². The van der Waals surface area contributed by atoms with Gasteiger partial charge in [0, 0.05) is 17.7 Å². The van der Waals surface area contributed by atoms with Crippen molar-refractivity contribution in [2.24, 2.45) is 5.41 Å². The predicted octanol–water partition coefficient (Wildman–Crippen LogP) is 5.12. The molecular formula is C24H21F3N2O4. The smallest absolute Gasteiger partial charge is 0.454 e. The van der Waals surface area contributed by atoms with E-state index in [-0.39, 0.29) is 35.7 Å². The maximum atomic E-state index is 13.9. The molecule has 0 spiro atoms. The maximum Gasteiger partial charge on any atom is 0.471 e. The van der Waals surface area contributed by atoms with Crippen LogP contribution in [0.4, 0.5) is 24.5 Å². The van der Waals surface area contributed by atoms with Crippen LogP contribution in [0.15, 0.2) is 53.7 Å². The third-order valence-electron chi connectivity index (χ3n) is 6.07. The van der Waals surface area contributed by atoms with Gasteiger partial charge >= 0.3 is 12.1 Å². The molecule has 1 atom stereocenters. The fourth-order valence-corrected chi connectivity index (χ4v) is 4.75. The zero-order chi connectivity index (χ0) is 23.5. The first kappa shape index (κ1) is 21.4. The number of ether oxygens (including phenoxy) is 2. The number of anilines is 2. The number of allylic oxidation sites excluding steroid dienone is 1. The lowest BCUT2D eigenvalue weighted by Gasteiger charge is -2.37. The van der Waals surface area contributed by atoms with Crippen molar-refractivity contribution in [2.75, 3.05) is 17.0 Å². The number of carbonyl (C=O) groups is 2. The van der Waals surface area contributed by atoms with Gasteiger partial charge in [-0.2, -0.15) is 13.2 Å². The summed E-state index contributed by atoms with van der Waals surface area (Å²) in [4.78, 5) is 26.9. The molecule has 9 heteroatoms. The van der Waals surface area contributed by atoms with Crippen molar-refractivity contribution in [3.05, 3.63) is 59.3 Å². The van der Waals surface area contributed by atoms with E-state index in [1.165, 1.54) is 12.1 Å². The molecule has 33 heavy (non-hydrogen) atoms. The molecule has 2 aromatic rings. The third kappa shape index (κ3) is 3.61. The minimum atomic E-state index is -5.15. The number of hydrogen-bond donors (Lipinski definition) is 1. The minimum Gasteiger partial charge on any atom is -0.454 e. The molecule has 0 aromatic heterocycles. The SMILES string of the molecule is CC1(C)CC(=O)C2=C(C1)Nc1ccccc1N(C(=O)C(F)(F)F)[C@@H]2c1ccc2c(c1)OCO2. The Morgan fingerprint density at radius 3 is 2.58 bits per heavy atom. The van der Waals surface area contributed by atoms with E-state index in [2.05, 4.69) is 5.32 Å². The number of hydrogen-bond acceptors (Lipinski definition) is 5. The van der Waals surface area contributed by atoms with Crippen LogP contribution in [0.1, 0.15) is 38.3 Å². The number of benzene rings is 2. The standard InChI is InChI=1S/C24H21F3N2O4/c1-23(2)10-15-20(17(30)11-23)21(13-7-8-18-19(9-13)33-12-32-18)29(22(31)24(25,26)27)16-6-4-3-5-14(16)28-15/h3-9,21,28H,10-12H2,1-2H3/t21-/m1/s1. The topological polar surface area (TPSA) is 67.9 Å². The van der Waals surface area contributed by atoms with Crippen molar-refractivity contribution in [2.45, 2.75) is 38.9 Å². The molecule has 0 radical (unpaired) electrons. The largest absolute Gasteiger partial charge is 0.471 e. The Balaban J connectivity index is 1.79. The number of halogens is 3. The quantitative estimate of drug-likeness (QED) is 0.643. The van der Waals surface area contributed by atoms with Crippen molar-refractivity contribution in [3.63, 3.8) is 0 Å². The molecule has 2 heterocycles. The Kier molecular flexibility index (Phi) is 4.70. The summed E-state index contributed by atoms with van der Waals surface area (Å²) < 4.78 is 52.3. The summed E-state index contributed by atoms with van der Waals surface area (Å²) in [6.07, 6.45) is -4.56. The number of Topliss-reactive ketones (excluding diaryl/α,β-unsaturated/α-hetero) is 1. The van der Waals surface area contributed by atoms with Gasteiger partial charge in [0.15, 0.2) is 17.3 Å². The number of alkyl halides is 3. The molecule has 3 aliphatic rings. The molecule has 5 rings (SSSR count). The summed E-state index contributed by atoms with van der Waals surface area (Å²) in [6, 6.07) is 9.67. The Bertz CT molecular complexity index is 1200. The van der Waals surface area contributed by atoms with Crippen LogP contribution in [0.3, 0.4) is 0 Å². The summed E-state index contributed by atoms with van der Waals surface area (Å²) in [5.74, 6) is -1.55. The lowest BCUT2D eigenvalue weighted by atomic mass is 9.73. The average Bonchev–Trinajstić information content (AvgIpc) is 3.14. The first-order chi connectivity index (χ1) is 15.5. The first-order valence-corrected chi connectivity index (χ1v) is 10.5. The third-order valence-corrected chi connectivity index (χ3v) is 6.07. The number of fused-ring (bicyclic) bond motifs is 2. The molecule has 2 aromatic carbocycles. The number of nitrogens with zero attached hydrogens (tertiary/aromatic N) is 1. The van der Waals surface area contributed by atoms with Crippen molar-refractivity contribution in [1.29, 1.82) is 0 Å². The van der Waals surface area contributed by atoms with Crippen molar-refractivity contribution in [3.8, 4) is 11.5 Å². The van der Waals surface area contributed by atoms with Gasteiger partial charge in [0.2, 0.25) is 6.79 Å². The van der Waals surface area contributed by atoms with E-state index in [4.69, 9.17) is 9.47 Å². The number of para-hydroxylation sites is 2. The van der Waals surface area contributed by atoms with E-state index < -0.39 is 18.1 Å². The molecular weight excluding hydrogens is 437 g/mol. The fourth-order valence-electron chi connectivity index (χ4n) is 4.75. The van der Waals surface area contributed by atoms with Gasteiger partial charge < -0.3 is 14.8 Å². The number of ketones is 1. The van der Waals surface area contributed by atoms with Gasteiger partial charge in [0.05, 0.1) is 17.4 Å². The summed E-state index contributed by atoms with van der Waals surface area (Å²) in [5, 5.41) is 3.18. The Labute approximate surface area is 188 Å². The molecule has 0 unspecified atom stereocenters. The van der Waals surface area contributed by atoms with Gasteiger partial charge in [-0.1, -0.05) is 32.0 Å². The van der Waals surface area contributed by atoms with Gasteiger partial charge in [0.1, 0.15) is 0 Å². The molecule has 0 fully saturated rings. The van der Waals surface area contributed by atoms with E-state index in [1.54, 1.807) is 30.3 Å². The lowest BCUT2D eigenvalue weighted by Crippen LogP contribution is -2.45. The van der Waals surface area contributed by atoms with E-state index in [1.807, 2.05) is 13.8 Å². The highest BCUT2D eigenvalue weighted by Gasteiger charge is 2.50. The molecule has 172 valence electrons. The Hall–Kier alpha value is -3.49. The predicted molar refractivity (Wildman–Crippen MR) is 114 cm³/mol.